The summed E-state index contributed by atoms with van der Waals surface area (Å²) in [5.41, 5.74) is 0.544. The molecule has 0 aliphatic carbocycles. The van der Waals surface area contributed by atoms with E-state index in [1.165, 1.54) is 12.8 Å². The first kappa shape index (κ1) is 15.1. The van der Waals surface area contributed by atoms with Crippen molar-refractivity contribution >= 4 is 9.28 Å². The lowest BCUT2D eigenvalue weighted by Gasteiger charge is -2.37. The van der Waals surface area contributed by atoms with Crippen LogP contribution >= 0.6 is 0 Å². The molecule has 0 amide bonds. The Morgan fingerprint density at radius 2 is 1.71 bits per heavy atom. The van der Waals surface area contributed by atoms with Crippen molar-refractivity contribution in [3.8, 4) is 0 Å². The molecule has 1 N–H and O–H groups in total. The van der Waals surface area contributed by atoms with Crippen LogP contribution in [0.15, 0.2) is 0 Å². The van der Waals surface area contributed by atoms with Crippen LogP contribution in [0.3, 0.4) is 0 Å². The SMILES string of the molecule is CCCC(N1CCNCC1)[SiH](OCC)OCC. The van der Waals surface area contributed by atoms with E-state index in [1.54, 1.807) is 0 Å². The highest BCUT2D eigenvalue weighted by molar-refractivity contribution is 6.46. The van der Waals surface area contributed by atoms with E-state index in [2.05, 4.69) is 31.0 Å². The summed E-state index contributed by atoms with van der Waals surface area (Å²) in [6, 6.07) is 0. The number of hydrogen-bond acceptors (Lipinski definition) is 4. The van der Waals surface area contributed by atoms with E-state index in [0.717, 1.165) is 39.4 Å². The molecule has 0 bridgehead atoms. The second-order valence-electron chi connectivity index (χ2n) is 4.42. The van der Waals surface area contributed by atoms with E-state index >= 15 is 0 Å². The number of rotatable bonds is 8. The molecule has 1 fully saturated rings. The lowest BCUT2D eigenvalue weighted by Crippen LogP contribution is -2.55. The van der Waals surface area contributed by atoms with E-state index in [-0.39, 0.29) is 0 Å². The van der Waals surface area contributed by atoms with Gasteiger partial charge in [0.1, 0.15) is 0 Å². The maximum Gasteiger partial charge on any atom is 0.339 e. The normalized spacial score (nSPS) is 19.8. The fourth-order valence-corrected chi connectivity index (χ4v) is 4.84. The molecule has 1 saturated heterocycles. The molecule has 1 aliphatic rings. The van der Waals surface area contributed by atoms with Crippen molar-refractivity contribution in [3.63, 3.8) is 0 Å². The molecule has 1 heterocycles. The molecule has 4 nitrogen and oxygen atoms in total. The first-order valence-electron chi connectivity index (χ1n) is 7.01. The lowest BCUT2D eigenvalue weighted by molar-refractivity contribution is 0.137. The molecule has 0 spiro atoms. The highest BCUT2D eigenvalue weighted by atomic mass is 28.3. The molecule has 17 heavy (non-hydrogen) atoms. The Kier molecular flexibility index (Phi) is 8.05. The van der Waals surface area contributed by atoms with Crippen molar-refractivity contribution < 1.29 is 8.85 Å². The molecular weight excluding hydrogens is 232 g/mol. The fraction of sp³-hybridized carbons (Fsp3) is 1.00. The molecule has 0 saturated carbocycles. The smallest absolute Gasteiger partial charge is 0.339 e. The first-order chi connectivity index (χ1) is 8.33. The summed E-state index contributed by atoms with van der Waals surface area (Å²) in [6.07, 6.45) is 2.41. The zero-order valence-electron chi connectivity index (χ0n) is 11.6. The predicted molar refractivity (Wildman–Crippen MR) is 73.5 cm³/mol. The maximum absolute atomic E-state index is 5.90. The summed E-state index contributed by atoms with van der Waals surface area (Å²) in [6.45, 7) is 12.4. The van der Waals surface area contributed by atoms with Gasteiger partial charge in [-0.15, -0.1) is 0 Å². The quantitative estimate of drug-likeness (QED) is 0.657. The minimum atomic E-state index is -1.54. The van der Waals surface area contributed by atoms with Gasteiger partial charge in [0.05, 0.1) is 5.67 Å². The molecule has 1 atom stereocenters. The van der Waals surface area contributed by atoms with Gasteiger partial charge in [-0.1, -0.05) is 13.3 Å². The number of piperazine rings is 1. The van der Waals surface area contributed by atoms with Crippen molar-refractivity contribution in [2.24, 2.45) is 0 Å². The largest absolute Gasteiger partial charge is 0.396 e. The Morgan fingerprint density at radius 3 is 2.18 bits per heavy atom. The zero-order chi connectivity index (χ0) is 12.5. The summed E-state index contributed by atoms with van der Waals surface area (Å²) < 4.78 is 11.8. The maximum atomic E-state index is 5.90. The summed E-state index contributed by atoms with van der Waals surface area (Å²) >= 11 is 0. The van der Waals surface area contributed by atoms with Gasteiger partial charge in [0, 0.05) is 39.4 Å². The van der Waals surface area contributed by atoms with Crippen molar-refractivity contribution in [2.75, 3.05) is 39.4 Å². The van der Waals surface area contributed by atoms with Gasteiger partial charge in [-0.3, -0.25) is 4.90 Å². The van der Waals surface area contributed by atoms with Gasteiger partial charge in [0.2, 0.25) is 0 Å². The van der Waals surface area contributed by atoms with E-state index in [1.807, 2.05) is 0 Å². The van der Waals surface area contributed by atoms with Gasteiger partial charge in [0.15, 0.2) is 0 Å². The first-order valence-corrected chi connectivity index (χ1v) is 8.62. The summed E-state index contributed by atoms with van der Waals surface area (Å²) in [7, 11) is -1.54. The van der Waals surface area contributed by atoms with Crippen LogP contribution in [0, 0.1) is 0 Å². The summed E-state index contributed by atoms with van der Waals surface area (Å²) in [4.78, 5) is 2.57. The Balaban J connectivity index is 2.58. The Morgan fingerprint density at radius 1 is 1.12 bits per heavy atom. The van der Waals surface area contributed by atoms with Crippen molar-refractivity contribution in [2.45, 2.75) is 39.3 Å². The number of nitrogens with one attached hydrogen (secondary N) is 1. The third-order valence-corrected chi connectivity index (χ3v) is 5.89. The number of nitrogens with zero attached hydrogens (tertiary/aromatic N) is 1. The minimum absolute atomic E-state index is 0.544. The van der Waals surface area contributed by atoms with E-state index in [9.17, 15) is 0 Å². The van der Waals surface area contributed by atoms with E-state index in [0.29, 0.717) is 5.67 Å². The average molecular weight is 260 g/mol. The second kappa shape index (κ2) is 9.05. The van der Waals surface area contributed by atoms with Crippen LogP contribution in [0.2, 0.25) is 0 Å². The van der Waals surface area contributed by atoms with Crippen LogP contribution in [0.25, 0.3) is 0 Å². The zero-order valence-corrected chi connectivity index (χ0v) is 12.7. The van der Waals surface area contributed by atoms with Crippen LogP contribution in [-0.4, -0.2) is 59.2 Å². The van der Waals surface area contributed by atoms with E-state index < -0.39 is 9.28 Å². The van der Waals surface area contributed by atoms with Crippen molar-refractivity contribution in [3.05, 3.63) is 0 Å². The molecular formula is C12H28N2O2Si. The molecule has 0 aromatic carbocycles. The van der Waals surface area contributed by atoms with Gasteiger partial charge in [-0.25, -0.2) is 0 Å². The number of hydrogen-bond donors (Lipinski definition) is 1. The molecule has 0 radical (unpaired) electrons. The second-order valence-corrected chi connectivity index (χ2v) is 6.59. The molecule has 0 aromatic rings. The van der Waals surface area contributed by atoms with Crippen LogP contribution in [0.1, 0.15) is 33.6 Å². The molecule has 1 rings (SSSR count). The van der Waals surface area contributed by atoms with Gasteiger partial charge in [-0.05, 0) is 20.3 Å². The predicted octanol–water partition coefficient (Wildman–Crippen LogP) is 0.893. The third-order valence-electron chi connectivity index (χ3n) is 3.18. The lowest BCUT2D eigenvalue weighted by atomic mass is 10.3. The van der Waals surface area contributed by atoms with Crippen LogP contribution in [0.5, 0.6) is 0 Å². The molecule has 1 unspecified atom stereocenters. The average Bonchev–Trinajstić information content (AvgIpc) is 2.37. The summed E-state index contributed by atoms with van der Waals surface area (Å²) in [5, 5.41) is 3.41. The highest BCUT2D eigenvalue weighted by Crippen LogP contribution is 2.13. The van der Waals surface area contributed by atoms with Crippen molar-refractivity contribution in [1.29, 1.82) is 0 Å². The van der Waals surface area contributed by atoms with Gasteiger partial charge < -0.3 is 14.2 Å². The Bertz CT molecular complexity index is 183. The standard InChI is InChI=1S/C12H28N2O2Si/c1-4-7-12(14-10-8-13-9-11-14)17(15-5-2)16-6-3/h12-13,17H,4-11H2,1-3H3. The Hall–Kier alpha value is 0.0569. The van der Waals surface area contributed by atoms with Crippen LogP contribution < -0.4 is 5.32 Å². The topological polar surface area (TPSA) is 33.7 Å². The minimum Gasteiger partial charge on any atom is -0.396 e. The molecule has 1 aliphatic heterocycles. The molecule has 0 aromatic heterocycles. The van der Waals surface area contributed by atoms with Gasteiger partial charge in [-0.2, -0.15) is 0 Å². The van der Waals surface area contributed by atoms with E-state index in [4.69, 9.17) is 8.85 Å². The van der Waals surface area contributed by atoms with Gasteiger partial charge >= 0.3 is 9.28 Å². The molecule has 5 heteroatoms. The third kappa shape index (κ3) is 5.05. The highest BCUT2D eigenvalue weighted by Gasteiger charge is 2.31. The Labute approximate surface area is 108 Å². The van der Waals surface area contributed by atoms with Gasteiger partial charge in [0.25, 0.3) is 0 Å². The fourth-order valence-electron chi connectivity index (χ4n) is 2.40. The molecule has 102 valence electrons. The summed E-state index contributed by atoms with van der Waals surface area (Å²) in [5.74, 6) is 0. The van der Waals surface area contributed by atoms with Crippen molar-refractivity contribution in [1.82, 2.24) is 10.2 Å². The van der Waals surface area contributed by atoms with Crippen LogP contribution in [-0.2, 0) is 8.85 Å². The monoisotopic (exact) mass is 260 g/mol. The van der Waals surface area contributed by atoms with Crippen LogP contribution in [0.4, 0.5) is 0 Å².